The lowest BCUT2D eigenvalue weighted by atomic mass is 9.85. The monoisotopic (exact) mass is 1090 g/mol. The average molecular weight is 1090 g/mol. The van der Waals surface area contributed by atoms with Gasteiger partial charge in [0.25, 0.3) is 0 Å². The number of allylic oxidation sites excluding steroid dienone is 1. The maximum atomic E-state index is 15.4. The predicted molar refractivity (Wildman–Crippen MR) is 294 cm³/mol. The van der Waals surface area contributed by atoms with E-state index in [1.807, 2.05) is 56.9 Å². The fourth-order valence-electron chi connectivity index (χ4n) is 9.76. The quantitative estimate of drug-likeness (QED) is 0.0503. The molecular formula is C57H70F2N10O8S. The van der Waals surface area contributed by atoms with Crippen molar-refractivity contribution in [3.63, 3.8) is 0 Å². The molecule has 3 aliphatic rings. The molecule has 3 atom stereocenters. The molecule has 18 nitrogen and oxygen atoms in total. The summed E-state index contributed by atoms with van der Waals surface area (Å²) in [6.45, 7) is 11.8. The van der Waals surface area contributed by atoms with Gasteiger partial charge in [-0.2, -0.15) is 0 Å². The zero-order chi connectivity index (χ0) is 55.3. The molecule has 21 heteroatoms. The van der Waals surface area contributed by atoms with Crippen molar-refractivity contribution >= 4 is 57.8 Å². The Morgan fingerprint density at radius 3 is 2.32 bits per heavy atom. The molecule has 0 spiro atoms. The Morgan fingerprint density at radius 1 is 0.949 bits per heavy atom. The van der Waals surface area contributed by atoms with E-state index in [4.69, 9.17) is 29.9 Å². The van der Waals surface area contributed by atoms with Gasteiger partial charge in [0.15, 0.2) is 0 Å². The first-order chi connectivity index (χ1) is 37.6. The lowest BCUT2D eigenvalue weighted by molar-refractivity contribution is -0.144. The van der Waals surface area contributed by atoms with Crippen molar-refractivity contribution in [3.8, 4) is 21.6 Å². The number of fused-ring (bicyclic) bond motifs is 1. The molecule has 4 amide bonds. The average Bonchev–Trinajstić information content (AvgIpc) is 4.13. The van der Waals surface area contributed by atoms with E-state index in [-0.39, 0.29) is 88.7 Å². The number of aromatic nitrogens is 3. The third-order valence-electron chi connectivity index (χ3n) is 14.2. The van der Waals surface area contributed by atoms with Crippen LogP contribution in [0.15, 0.2) is 77.5 Å². The number of thiazole rings is 1. The van der Waals surface area contributed by atoms with Gasteiger partial charge in [-0.1, -0.05) is 57.2 Å². The van der Waals surface area contributed by atoms with Gasteiger partial charge in [0, 0.05) is 87.8 Å². The van der Waals surface area contributed by atoms with Crippen molar-refractivity contribution in [2.45, 2.75) is 97.1 Å². The number of aliphatic hydroxyl groups is 1. The SMILES string of the molecule is Cc1ncsc1-c1ccc(CNC(=O)C2C[C@@H](O)CN2C(=O)C(NC(=O)CCOCCOCCC(=O)N2CCC(N=CC(=CN)c3cnc4cccc(-c5cc(F)c(CN6CCOCC6)c(F)c5)c4n3)CC2)C(C)(C)C)cc1. The van der Waals surface area contributed by atoms with E-state index in [9.17, 15) is 24.3 Å². The number of nitrogens with two attached hydrogens (primary N) is 1. The molecule has 5 N–H and O–H groups in total. The second-order valence-corrected chi connectivity index (χ2v) is 21.8. The maximum Gasteiger partial charge on any atom is 0.246 e. The number of carbonyl (C=O) groups excluding carboxylic acids is 4. The van der Waals surface area contributed by atoms with Gasteiger partial charge < -0.3 is 45.5 Å². The summed E-state index contributed by atoms with van der Waals surface area (Å²) in [7, 11) is 0. The van der Waals surface area contributed by atoms with Gasteiger partial charge >= 0.3 is 0 Å². The highest BCUT2D eigenvalue weighted by Gasteiger charge is 2.44. The highest BCUT2D eigenvalue weighted by atomic mass is 32.1. The minimum Gasteiger partial charge on any atom is -0.404 e. The Morgan fingerprint density at radius 2 is 1.65 bits per heavy atom. The standard InChI is InChI=1S/C57H70F2N10O8S/c1-36-53(78-35-64-36)38-10-8-37(9-11-38)30-63-55(73)49-28-42(70)33-69(49)56(74)54(57(2,3)4)66-50(71)14-20-75-24-25-76-21-15-51(72)68-16-12-41(13-17-68)61-31-40(29-60)48-32-62-47-7-5-6-43(52(47)65-48)39-26-45(58)44(46(59)27-39)34-67-18-22-77-23-19-67/h5-11,26-27,29,31-32,35,41-42,49,54,70H,12-25,28,30,33-34,60H2,1-4H3,(H,63,73)(H,66,71)/t42-,49?,54?/m1/s1. The number of β-amino-alcohol motifs (C(OH)–C–C–N with tert-alkyl or cyclic N) is 1. The van der Waals surface area contributed by atoms with Crippen LogP contribution in [0.3, 0.4) is 0 Å². The summed E-state index contributed by atoms with van der Waals surface area (Å²) in [5.41, 5.74) is 12.9. The molecular weight excluding hydrogens is 1020 g/mol. The number of nitrogens with one attached hydrogen (secondary N) is 2. The highest BCUT2D eigenvalue weighted by Crippen LogP contribution is 2.32. The van der Waals surface area contributed by atoms with E-state index in [2.05, 4.69) is 20.6 Å². The number of ether oxygens (including phenoxy) is 3. The number of benzene rings is 3. The van der Waals surface area contributed by atoms with Crippen LogP contribution < -0.4 is 16.4 Å². The first kappa shape index (κ1) is 57.6. The van der Waals surface area contributed by atoms with Gasteiger partial charge in [-0.25, -0.2) is 18.7 Å². The van der Waals surface area contributed by atoms with Crippen molar-refractivity contribution in [1.29, 1.82) is 0 Å². The summed E-state index contributed by atoms with van der Waals surface area (Å²) < 4.78 is 47.6. The molecule has 2 unspecified atom stereocenters. The predicted octanol–water partition coefficient (Wildman–Crippen LogP) is 5.82. The zero-order valence-electron chi connectivity index (χ0n) is 44.7. The lowest BCUT2D eigenvalue weighted by Crippen LogP contribution is -2.57. The minimum absolute atomic E-state index is 0.0148. The number of nitrogens with zero attached hydrogens (tertiary/aromatic N) is 7. The summed E-state index contributed by atoms with van der Waals surface area (Å²) in [5.74, 6) is -2.52. The summed E-state index contributed by atoms with van der Waals surface area (Å²) in [4.78, 5) is 78.4. The number of para-hydroxylation sites is 1. The van der Waals surface area contributed by atoms with Gasteiger partial charge in [0.2, 0.25) is 23.6 Å². The Balaban J connectivity index is 0.723. The van der Waals surface area contributed by atoms with E-state index < -0.39 is 47.1 Å². The second-order valence-electron chi connectivity index (χ2n) is 20.9. The number of aliphatic hydroxyl groups excluding tert-OH is 1. The zero-order valence-corrected chi connectivity index (χ0v) is 45.5. The molecule has 5 heterocycles. The van der Waals surface area contributed by atoms with Gasteiger partial charge in [0.1, 0.15) is 23.7 Å². The van der Waals surface area contributed by atoms with Crippen LogP contribution in [0.2, 0.25) is 0 Å². The van der Waals surface area contributed by atoms with Crippen molar-refractivity contribution in [3.05, 3.63) is 107 Å². The lowest BCUT2D eigenvalue weighted by Gasteiger charge is -2.35. The number of likely N-dealkylation sites (tertiary alicyclic amines) is 2. The van der Waals surface area contributed by atoms with Crippen LogP contribution in [0.25, 0.3) is 38.2 Å². The third kappa shape index (κ3) is 14.9. The Bertz CT molecular complexity index is 2930. The van der Waals surface area contributed by atoms with Gasteiger partial charge in [-0.15, -0.1) is 11.3 Å². The Kier molecular flexibility index (Phi) is 19.8. The number of hydrogen-bond acceptors (Lipinski definition) is 15. The molecule has 3 aliphatic heterocycles. The van der Waals surface area contributed by atoms with Crippen molar-refractivity contribution in [1.82, 2.24) is 40.3 Å². The van der Waals surface area contributed by atoms with Crippen LogP contribution >= 0.6 is 11.3 Å². The number of morpholine rings is 1. The molecule has 3 saturated heterocycles. The van der Waals surface area contributed by atoms with Crippen molar-refractivity contribution in [2.24, 2.45) is 16.1 Å². The molecule has 8 rings (SSSR count). The van der Waals surface area contributed by atoms with E-state index in [0.29, 0.717) is 85.7 Å². The van der Waals surface area contributed by atoms with Crippen molar-refractivity contribution < 1.29 is 47.3 Å². The van der Waals surface area contributed by atoms with Gasteiger partial charge in [-0.3, -0.25) is 34.1 Å². The van der Waals surface area contributed by atoms with Gasteiger partial charge in [-0.05, 0) is 60.1 Å². The van der Waals surface area contributed by atoms with Crippen LogP contribution in [0.4, 0.5) is 8.78 Å². The summed E-state index contributed by atoms with van der Waals surface area (Å²) in [5, 5.41) is 16.4. The van der Waals surface area contributed by atoms with Crippen LogP contribution in [0.1, 0.15) is 75.4 Å². The fourth-order valence-corrected chi connectivity index (χ4v) is 10.6. The molecule has 0 bridgehead atoms. The number of piperidine rings is 1. The molecule has 2 aromatic heterocycles. The first-order valence-corrected chi connectivity index (χ1v) is 27.4. The first-order valence-electron chi connectivity index (χ1n) is 26.5. The van der Waals surface area contributed by atoms with Gasteiger partial charge in [0.05, 0.1) is 97.2 Å². The second kappa shape index (κ2) is 26.8. The summed E-state index contributed by atoms with van der Waals surface area (Å²) in [6.07, 6.45) is 5.29. The molecule has 78 heavy (non-hydrogen) atoms. The van der Waals surface area contributed by atoms with E-state index >= 15 is 8.78 Å². The smallest absolute Gasteiger partial charge is 0.246 e. The molecule has 3 fully saturated rings. The molecule has 0 aliphatic carbocycles. The van der Waals surface area contributed by atoms with E-state index in [1.165, 1.54) is 23.2 Å². The largest absolute Gasteiger partial charge is 0.404 e. The summed E-state index contributed by atoms with van der Waals surface area (Å²) >= 11 is 1.56. The van der Waals surface area contributed by atoms with Crippen LogP contribution in [0, 0.1) is 24.0 Å². The molecule has 416 valence electrons. The summed E-state index contributed by atoms with van der Waals surface area (Å²) in [6, 6.07) is 13.9. The number of aryl methyl sites for hydroxylation is 1. The Labute approximate surface area is 457 Å². The number of rotatable bonds is 21. The fraction of sp³-hybridized carbons (Fsp3) is 0.474. The number of halogens is 2. The van der Waals surface area contributed by atoms with Crippen LogP contribution in [-0.2, 0) is 46.5 Å². The van der Waals surface area contributed by atoms with E-state index in [1.54, 1.807) is 52.4 Å². The van der Waals surface area contributed by atoms with Crippen LogP contribution in [-0.4, -0.2) is 161 Å². The van der Waals surface area contributed by atoms with Crippen molar-refractivity contribution in [2.75, 3.05) is 72.4 Å². The normalized spacial score (nSPS) is 18.2. The molecule has 0 saturated carbocycles. The minimum atomic E-state index is -0.965. The topological polar surface area (TPSA) is 227 Å². The highest BCUT2D eigenvalue weighted by molar-refractivity contribution is 7.13. The molecule has 3 aromatic carbocycles. The number of amides is 4. The molecule has 5 aromatic rings. The third-order valence-corrected chi connectivity index (χ3v) is 15.2. The molecule has 0 radical (unpaired) electrons. The van der Waals surface area contributed by atoms with E-state index in [0.717, 1.165) is 21.7 Å². The number of aliphatic imine (C=N–C) groups is 1. The maximum absolute atomic E-state index is 15.4. The number of carbonyl (C=O) groups is 4. The Hall–Kier alpha value is -6.62. The van der Waals surface area contributed by atoms with Crippen LogP contribution in [0.5, 0.6) is 0 Å². The number of hydrogen-bond donors (Lipinski definition) is 4.